The fourth-order valence-electron chi connectivity index (χ4n) is 2.14. The summed E-state index contributed by atoms with van der Waals surface area (Å²) in [6, 6.07) is 0. The van der Waals surface area contributed by atoms with Crippen LogP contribution >= 0.6 is 0 Å². The largest absolute Gasteiger partial charge is 0.387 e. The molecule has 0 aromatic carbocycles. The standard InChI is InChI=1S/C10H12FN5O3/c11-1-4-6(17)7(18)10(19-4)16-3-15-5-8(12)13-2-14-9(5)16/h2-4,6-7,10,17-18H,1H2,(H2,12,13,14)/t4-,6?,7+,10-/m1/s1. The molecule has 1 unspecified atom stereocenters. The molecule has 3 rings (SSSR count). The molecule has 1 fully saturated rings. The Hall–Kier alpha value is -1.84. The molecule has 9 heteroatoms. The number of nitrogen functional groups attached to an aromatic ring is 1. The number of nitrogens with zero attached hydrogens (tertiary/aromatic N) is 4. The summed E-state index contributed by atoms with van der Waals surface area (Å²) in [6.07, 6.45) is -2.00. The van der Waals surface area contributed by atoms with Gasteiger partial charge < -0.3 is 20.7 Å². The van der Waals surface area contributed by atoms with E-state index in [0.29, 0.717) is 11.2 Å². The van der Waals surface area contributed by atoms with Gasteiger partial charge in [0.25, 0.3) is 0 Å². The molecule has 1 saturated heterocycles. The van der Waals surface area contributed by atoms with Gasteiger partial charge in [-0.15, -0.1) is 0 Å². The SMILES string of the molecule is Nc1ncnc2c1ncn2[C@@H]1O[C@H](CF)C(O)[C@@H]1O. The van der Waals surface area contributed by atoms with Crippen molar-refractivity contribution in [2.75, 3.05) is 12.4 Å². The quantitative estimate of drug-likeness (QED) is 0.639. The van der Waals surface area contributed by atoms with E-state index in [2.05, 4.69) is 15.0 Å². The third-order valence-corrected chi connectivity index (χ3v) is 3.15. The molecular formula is C10H12FN5O3. The van der Waals surface area contributed by atoms with Gasteiger partial charge in [-0.2, -0.15) is 0 Å². The van der Waals surface area contributed by atoms with Crippen molar-refractivity contribution in [2.45, 2.75) is 24.5 Å². The van der Waals surface area contributed by atoms with Crippen LogP contribution in [0.25, 0.3) is 11.2 Å². The summed E-state index contributed by atoms with van der Waals surface area (Å²) in [7, 11) is 0. The van der Waals surface area contributed by atoms with Crippen molar-refractivity contribution in [2.24, 2.45) is 0 Å². The van der Waals surface area contributed by atoms with Crippen molar-refractivity contribution >= 4 is 17.0 Å². The minimum absolute atomic E-state index is 0.193. The fourth-order valence-corrected chi connectivity index (χ4v) is 2.14. The lowest BCUT2D eigenvalue weighted by atomic mass is 10.1. The molecule has 0 aliphatic carbocycles. The monoisotopic (exact) mass is 269 g/mol. The number of anilines is 1. The maximum absolute atomic E-state index is 12.6. The lowest BCUT2D eigenvalue weighted by molar-refractivity contribution is -0.0409. The normalized spacial score (nSPS) is 31.1. The van der Waals surface area contributed by atoms with E-state index in [1.807, 2.05) is 0 Å². The smallest absolute Gasteiger partial charge is 0.167 e. The maximum atomic E-state index is 12.6. The molecule has 0 amide bonds. The highest BCUT2D eigenvalue weighted by Gasteiger charge is 2.44. The summed E-state index contributed by atoms with van der Waals surface area (Å²) in [6.45, 7) is -0.890. The van der Waals surface area contributed by atoms with Gasteiger partial charge in [-0.3, -0.25) is 4.57 Å². The summed E-state index contributed by atoms with van der Waals surface area (Å²) in [5.74, 6) is 0.193. The number of halogens is 1. The molecular weight excluding hydrogens is 257 g/mol. The van der Waals surface area contributed by atoms with Crippen molar-refractivity contribution in [3.05, 3.63) is 12.7 Å². The number of aliphatic hydroxyl groups is 2. The number of imidazole rings is 1. The number of aliphatic hydroxyl groups excluding tert-OH is 2. The van der Waals surface area contributed by atoms with Crippen LogP contribution in [0.4, 0.5) is 10.2 Å². The lowest BCUT2D eigenvalue weighted by Crippen LogP contribution is -2.32. The number of fused-ring (bicyclic) bond motifs is 1. The average molecular weight is 269 g/mol. The second-order valence-corrected chi connectivity index (χ2v) is 4.28. The molecule has 2 aromatic rings. The Bertz CT molecular complexity index is 606. The Morgan fingerprint density at radius 3 is 2.79 bits per heavy atom. The minimum atomic E-state index is -1.30. The highest BCUT2D eigenvalue weighted by Crippen LogP contribution is 2.31. The van der Waals surface area contributed by atoms with E-state index in [9.17, 15) is 14.6 Å². The van der Waals surface area contributed by atoms with Crippen LogP contribution in [0.1, 0.15) is 6.23 Å². The van der Waals surface area contributed by atoms with Gasteiger partial charge in [0.1, 0.15) is 36.8 Å². The van der Waals surface area contributed by atoms with Gasteiger partial charge in [0.15, 0.2) is 17.7 Å². The van der Waals surface area contributed by atoms with Crippen molar-refractivity contribution in [3.8, 4) is 0 Å². The number of alkyl halides is 1. The van der Waals surface area contributed by atoms with Gasteiger partial charge in [-0.05, 0) is 0 Å². The first-order chi connectivity index (χ1) is 9.13. The second kappa shape index (κ2) is 4.37. The molecule has 8 nitrogen and oxygen atoms in total. The predicted molar refractivity (Wildman–Crippen MR) is 61.6 cm³/mol. The molecule has 2 aromatic heterocycles. The van der Waals surface area contributed by atoms with Crippen LogP contribution in [0.15, 0.2) is 12.7 Å². The van der Waals surface area contributed by atoms with E-state index in [1.165, 1.54) is 17.2 Å². The molecule has 1 aliphatic heterocycles. The number of aromatic nitrogens is 4. The van der Waals surface area contributed by atoms with Crippen LogP contribution in [0, 0.1) is 0 Å². The summed E-state index contributed by atoms with van der Waals surface area (Å²) >= 11 is 0. The number of hydrogen-bond donors (Lipinski definition) is 3. The fraction of sp³-hybridized carbons (Fsp3) is 0.500. The van der Waals surface area contributed by atoms with Crippen LogP contribution in [0.3, 0.4) is 0 Å². The zero-order valence-corrected chi connectivity index (χ0v) is 9.72. The van der Waals surface area contributed by atoms with Crippen molar-refractivity contribution in [3.63, 3.8) is 0 Å². The molecule has 0 spiro atoms. The van der Waals surface area contributed by atoms with Gasteiger partial charge in [0, 0.05) is 0 Å². The molecule has 4 atom stereocenters. The molecule has 19 heavy (non-hydrogen) atoms. The molecule has 102 valence electrons. The van der Waals surface area contributed by atoms with Gasteiger partial charge in [-0.1, -0.05) is 0 Å². The predicted octanol–water partition coefficient (Wildman–Crippen LogP) is -1.00. The summed E-state index contributed by atoms with van der Waals surface area (Å²) < 4.78 is 19.3. The van der Waals surface area contributed by atoms with E-state index in [4.69, 9.17) is 10.5 Å². The van der Waals surface area contributed by atoms with E-state index in [-0.39, 0.29) is 5.82 Å². The lowest BCUT2D eigenvalue weighted by Gasteiger charge is -2.16. The van der Waals surface area contributed by atoms with Crippen LogP contribution < -0.4 is 5.73 Å². The van der Waals surface area contributed by atoms with E-state index in [0.717, 1.165) is 0 Å². The van der Waals surface area contributed by atoms with Crippen molar-refractivity contribution in [1.82, 2.24) is 19.5 Å². The Kier molecular flexibility index (Phi) is 2.81. The van der Waals surface area contributed by atoms with Crippen LogP contribution in [-0.2, 0) is 4.74 Å². The number of hydrogen-bond acceptors (Lipinski definition) is 7. The maximum Gasteiger partial charge on any atom is 0.167 e. The Labute approximate surface area is 106 Å². The van der Waals surface area contributed by atoms with Crippen LogP contribution in [0.2, 0.25) is 0 Å². The zero-order chi connectivity index (χ0) is 13.6. The molecule has 0 radical (unpaired) electrons. The number of nitrogens with two attached hydrogens (primary N) is 1. The Balaban J connectivity index is 2.04. The van der Waals surface area contributed by atoms with E-state index < -0.39 is 31.2 Å². The summed E-state index contributed by atoms with van der Waals surface area (Å²) in [5, 5.41) is 19.5. The van der Waals surface area contributed by atoms with Gasteiger partial charge in [0.2, 0.25) is 0 Å². The summed E-state index contributed by atoms with van der Waals surface area (Å²) in [5.41, 5.74) is 6.35. The van der Waals surface area contributed by atoms with Gasteiger partial charge in [0.05, 0.1) is 6.33 Å². The third-order valence-electron chi connectivity index (χ3n) is 3.15. The number of rotatable bonds is 2. The molecule has 1 aliphatic rings. The van der Waals surface area contributed by atoms with Crippen LogP contribution in [-0.4, -0.2) is 54.7 Å². The van der Waals surface area contributed by atoms with E-state index >= 15 is 0 Å². The highest BCUT2D eigenvalue weighted by atomic mass is 19.1. The summed E-state index contributed by atoms with van der Waals surface area (Å²) in [4.78, 5) is 11.8. The first-order valence-electron chi connectivity index (χ1n) is 5.64. The first kappa shape index (κ1) is 12.2. The minimum Gasteiger partial charge on any atom is -0.387 e. The van der Waals surface area contributed by atoms with Crippen molar-refractivity contribution in [1.29, 1.82) is 0 Å². The molecule has 4 N–H and O–H groups in total. The highest BCUT2D eigenvalue weighted by molar-refractivity contribution is 5.81. The Morgan fingerprint density at radius 2 is 2.11 bits per heavy atom. The molecule has 0 bridgehead atoms. The molecule has 3 heterocycles. The zero-order valence-electron chi connectivity index (χ0n) is 9.72. The third kappa shape index (κ3) is 1.74. The van der Waals surface area contributed by atoms with Crippen molar-refractivity contribution < 1.29 is 19.3 Å². The van der Waals surface area contributed by atoms with Gasteiger partial charge in [-0.25, -0.2) is 19.3 Å². The first-order valence-corrected chi connectivity index (χ1v) is 5.64. The second-order valence-electron chi connectivity index (χ2n) is 4.28. The number of ether oxygens (including phenoxy) is 1. The van der Waals surface area contributed by atoms with Crippen LogP contribution in [0.5, 0.6) is 0 Å². The molecule has 0 saturated carbocycles. The van der Waals surface area contributed by atoms with E-state index in [1.54, 1.807) is 0 Å². The van der Waals surface area contributed by atoms with Gasteiger partial charge >= 0.3 is 0 Å². The Morgan fingerprint density at radius 1 is 1.32 bits per heavy atom. The average Bonchev–Trinajstić information content (AvgIpc) is 2.94. The topological polar surface area (TPSA) is 119 Å².